The number of hydrogen-bond acceptors (Lipinski definition) is 4. The minimum Gasteiger partial charge on any atom is -0.487 e. The van der Waals surface area contributed by atoms with Gasteiger partial charge in [-0.15, -0.1) is 11.3 Å². The molecule has 0 aliphatic heterocycles. The lowest BCUT2D eigenvalue weighted by Gasteiger charge is -2.08. The van der Waals surface area contributed by atoms with Gasteiger partial charge in [-0.1, -0.05) is 24.3 Å². The standard InChI is InChI=1S/C21H19BrN2O2S/c1-14-7-9-19(18(22)11-14)24-21(25)10-8-16-5-3-4-6-20(16)26-12-17-13-27-15(2)23-17/h3-11,13H,12H2,1-2H3,(H,24,25)/b10-8+. The number of carbonyl (C=O) groups excluding carboxylic acids is 1. The third kappa shape index (κ3) is 5.52. The number of nitrogens with one attached hydrogen (secondary N) is 1. The zero-order valence-electron chi connectivity index (χ0n) is 15.0. The maximum Gasteiger partial charge on any atom is 0.248 e. The second-order valence-electron chi connectivity index (χ2n) is 5.99. The van der Waals surface area contributed by atoms with Crippen LogP contribution in [-0.2, 0) is 11.4 Å². The van der Waals surface area contributed by atoms with Crippen molar-refractivity contribution in [1.82, 2.24) is 4.98 Å². The number of anilines is 1. The van der Waals surface area contributed by atoms with Gasteiger partial charge in [0, 0.05) is 21.5 Å². The summed E-state index contributed by atoms with van der Waals surface area (Å²) in [4.78, 5) is 16.6. The van der Waals surface area contributed by atoms with Crippen molar-refractivity contribution in [1.29, 1.82) is 0 Å². The Labute approximate surface area is 171 Å². The van der Waals surface area contributed by atoms with E-state index < -0.39 is 0 Å². The maximum absolute atomic E-state index is 12.2. The van der Waals surface area contributed by atoms with Crippen LogP contribution in [0.5, 0.6) is 5.75 Å². The Morgan fingerprint density at radius 2 is 2.07 bits per heavy atom. The zero-order chi connectivity index (χ0) is 19.2. The average molecular weight is 443 g/mol. The largest absolute Gasteiger partial charge is 0.487 e. The third-order valence-electron chi connectivity index (χ3n) is 3.76. The molecule has 3 aromatic rings. The summed E-state index contributed by atoms with van der Waals surface area (Å²) in [5.41, 5.74) is 3.59. The number of ether oxygens (including phenoxy) is 1. The smallest absolute Gasteiger partial charge is 0.248 e. The SMILES string of the molecule is Cc1ccc(NC(=O)/C=C/c2ccccc2OCc2csc(C)n2)c(Br)c1. The van der Waals surface area contributed by atoms with Crippen LogP contribution in [0.3, 0.4) is 0 Å². The van der Waals surface area contributed by atoms with E-state index in [0.717, 1.165) is 32.0 Å². The Bertz CT molecular complexity index is 982. The molecule has 0 fully saturated rings. The van der Waals surface area contributed by atoms with E-state index in [1.807, 2.05) is 61.7 Å². The van der Waals surface area contributed by atoms with Gasteiger partial charge in [0.05, 0.1) is 16.4 Å². The number of aromatic nitrogens is 1. The summed E-state index contributed by atoms with van der Waals surface area (Å²) >= 11 is 5.06. The Hall–Kier alpha value is -2.44. The summed E-state index contributed by atoms with van der Waals surface area (Å²) in [5.74, 6) is 0.508. The molecule has 1 heterocycles. The highest BCUT2D eigenvalue weighted by molar-refractivity contribution is 9.10. The molecule has 0 aliphatic rings. The molecule has 0 aliphatic carbocycles. The monoisotopic (exact) mass is 442 g/mol. The number of halogens is 1. The molecule has 0 saturated heterocycles. The van der Waals surface area contributed by atoms with Gasteiger partial charge in [0.2, 0.25) is 5.91 Å². The van der Waals surface area contributed by atoms with Crippen molar-refractivity contribution in [2.24, 2.45) is 0 Å². The van der Waals surface area contributed by atoms with Gasteiger partial charge >= 0.3 is 0 Å². The molecular formula is C21H19BrN2O2S. The molecule has 6 heteroatoms. The summed E-state index contributed by atoms with van der Waals surface area (Å²) in [5, 5.41) is 5.87. The summed E-state index contributed by atoms with van der Waals surface area (Å²) in [6, 6.07) is 13.4. The molecule has 0 saturated carbocycles. The number of hydrogen-bond donors (Lipinski definition) is 1. The van der Waals surface area contributed by atoms with Gasteiger partial charge in [-0.2, -0.15) is 0 Å². The molecule has 2 aromatic carbocycles. The first-order valence-electron chi connectivity index (χ1n) is 8.39. The van der Waals surface area contributed by atoms with Gasteiger partial charge in [0.1, 0.15) is 12.4 Å². The molecule has 0 unspecified atom stereocenters. The fourth-order valence-electron chi connectivity index (χ4n) is 2.44. The van der Waals surface area contributed by atoms with Crippen molar-refractivity contribution in [3.8, 4) is 5.75 Å². The highest BCUT2D eigenvalue weighted by Crippen LogP contribution is 2.24. The topological polar surface area (TPSA) is 51.2 Å². The molecule has 138 valence electrons. The molecule has 0 bridgehead atoms. The number of rotatable bonds is 6. The normalized spacial score (nSPS) is 10.9. The van der Waals surface area contributed by atoms with Crippen LogP contribution >= 0.6 is 27.3 Å². The van der Waals surface area contributed by atoms with Crippen molar-refractivity contribution in [3.63, 3.8) is 0 Å². The van der Waals surface area contributed by atoms with Crippen LogP contribution in [0.4, 0.5) is 5.69 Å². The van der Waals surface area contributed by atoms with Crippen LogP contribution in [0, 0.1) is 13.8 Å². The molecule has 0 spiro atoms. The molecule has 3 rings (SSSR count). The molecule has 4 nitrogen and oxygen atoms in total. The average Bonchev–Trinajstić information content (AvgIpc) is 3.06. The van der Waals surface area contributed by atoms with Gasteiger partial charge in [0.15, 0.2) is 0 Å². The number of aryl methyl sites for hydroxylation is 2. The summed E-state index contributed by atoms with van der Waals surface area (Å²) in [6.45, 7) is 4.37. The Kier molecular flexibility index (Phi) is 6.42. The molecule has 0 atom stereocenters. The second-order valence-corrected chi connectivity index (χ2v) is 7.91. The first kappa shape index (κ1) is 19.3. The van der Waals surface area contributed by atoms with Crippen molar-refractivity contribution in [2.75, 3.05) is 5.32 Å². The van der Waals surface area contributed by atoms with Crippen LogP contribution < -0.4 is 10.1 Å². The molecular weight excluding hydrogens is 424 g/mol. The molecule has 1 amide bonds. The summed E-state index contributed by atoms with van der Waals surface area (Å²) in [7, 11) is 0. The Morgan fingerprint density at radius 3 is 2.81 bits per heavy atom. The van der Waals surface area contributed by atoms with Crippen LogP contribution in [0.25, 0.3) is 6.08 Å². The minimum atomic E-state index is -0.204. The lowest BCUT2D eigenvalue weighted by Crippen LogP contribution is -2.08. The van der Waals surface area contributed by atoms with E-state index in [2.05, 4.69) is 26.2 Å². The number of para-hydroxylation sites is 1. The van der Waals surface area contributed by atoms with Gasteiger partial charge in [0.25, 0.3) is 0 Å². The quantitative estimate of drug-likeness (QED) is 0.494. The zero-order valence-corrected chi connectivity index (χ0v) is 17.4. The van der Waals surface area contributed by atoms with E-state index in [4.69, 9.17) is 4.74 Å². The lowest BCUT2D eigenvalue weighted by atomic mass is 10.2. The van der Waals surface area contributed by atoms with Crippen molar-refractivity contribution < 1.29 is 9.53 Å². The molecule has 0 radical (unpaired) electrons. The Morgan fingerprint density at radius 1 is 1.26 bits per heavy atom. The lowest BCUT2D eigenvalue weighted by molar-refractivity contribution is -0.111. The highest BCUT2D eigenvalue weighted by Gasteiger charge is 2.05. The van der Waals surface area contributed by atoms with E-state index in [0.29, 0.717) is 12.4 Å². The van der Waals surface area contributed by atoms with Gasteiger partial charge in [-0.3, -0.25) is 4.79 Å². The van der Waals surface area contributed by atoms with E-state index in [9.17, 15) is 4.79 Å². The van der Waals surface area contributed by atoms with Gasteiger partial charge < -0.3 is 10.1 Å². The summed E-state index contributed by atoms with van der Waals surface area (Å²) in [6.07, 6.45) is 3.25. The predicted octanol–water partition coefficient (Wildman–Crippen LogP) is 5.75. The fraction of sp³-hybridized carbons (Fsp3) is 0.143. The Balaban J connectivity index is 1.66. The van der Waals surface area contributed by atoms with Gasteiger partial charge in [-0.05, 0) is 59.6 Å². The third-order valence-corrected chi connectivity index (χ3v) is 5.24. The van der Waals surface area contributed by atoms with Crippen molar-refractivity contribution >= 4 is 44.9 Å². The van der Waals surface area contributed by atoms with E-state index in [1.54, 1.807) is 17.4 Å². The first-order chi connectivity index (χ1) is 13.0. The molecule has 1 aromatic heterocycles. The van der Waals surface area contributed by atoms with E-state index in [1.165, 1.54) is 6.08 Å². The van der Waals surface area contributed by atoms with E-state index in [-0.39, 0.29) is 5.91 Å². The van der Waals surface area contributed by atoms with Crippen molar-refractivity contribution in [2.45, 2.75) is 20.5 Å². The number of nitrogens with zero attached hydrogens (tertiary/aromatic N) is 1. The first-order valence-corrected chi connectivity index (χ1v) is 10.1. The van der Waals surface area contributed by atoms with E-state index >= 15 is 0 Å². The fourth-order valence-corrected chi connectivity index (χ4v) is 3.63. The number of thiazole rings is 1. The molecule has 27 heavy (non-hydrogen) atoms. The van der Waals surface area contributed by atoms with Crippen molar-refractivity contribution in [3.05, 3.63) is 80.2 Å². The van der Waals surface area contributed by atoms with Crippen LogP contribution in [0.1, 0.15) is 21.8 Å². The maximum atomic E-state index is 12.2. The number of carbonyl (C=O) groups is 1. The van der Waals surface area contributed by atoms with Crippen LogP contribution in [0.15, 0.2) is 58.4 Å². The number of amides is 1. The summed E-state index contributed by atoms with van der Waals surface area (Å²) < 4.78 is 6.73. The predicted molar refractivity (Wildman–Crippen MR) is 114 cm³/mol. The van der Waals surface area contributed by atoms with Crippen LogP contribution in [0.2, 0.25) is 0 Å². The van der Waals surface area contributed by atoms with Gasteiger partial charge in [-0.25, -0.2) is 4.98 Å². The second kappa shape index (κ2) is 8.97. The van der Waals surface area contributed by atoms with Crippen LogP contribution in [-0.4, -0.2) is 10.9 Å². The molecule has 1 N–H and O–H groups in total. The number of benzene rings is 2. The minimum absolute atomic E-state index is 0.204. The highest BCUT2D eigenvalue weighted by atomic mass is 79.9.